The lowest BCUT2D eigenvalue weighted by molar-refractivity contribution is 0.579. The molecule has 0 heterocycles. The van der Waals surface area contributed by atoms with Gasteiger partial charge in [-0.2, -0.15) is 0 Å². The molecule has 1 aromatic rings. The van der Waals surface area contributed by atoms with Gasteiger partial charge in [0.1, 0.15) is 0 Å². The number of hydrogen-bond donors (Lipinski definition) is 0. The van der Waals surface area contributed by atoms with Crippen molar-refractivity contribution in [3.63, 3.8) is 0 Å². The highest BCUT2D eigenvalue weighted by atomic mass is 31.2. The molecular weight excluding hydrogens is 238 g/mol. The fourth-order valence-corrected chi connectivity index (χ4v) is 3.94. The molecule has 0 aliphatic heterocycles. The van der Waals surface area contributed by atoms with E-state index in [9.17, 15) is 9.13 Å². The van der Waals surface area contributed by atoms with Crippen LogP contribution < -0.4 is 0 Å². The molecule has 0 saturated heterocycles. The highest BCUT2D eigenvalue weighted by molar-refractivity contribution is 7.62. The van der Waals surface area contributed by atoms with Crippen LogP contribution in [0.4, 0.5) is 0 Å². The third kappa shape index (κ3) is 5.14. The van der Waals surface area contributed by atoms with Crippen LogP contribution in [0, 0.1) is 0 Å². The van der Waals surface area contributed by atoms with Gasteiger partial charge < -0.3 is 9.13 Å². The second-order valence-electron chi connectivity index (χ2n) is 5.23. The van der Waals surface area contributed by atoms with Crippen LogP contribution in [0.2, 0.25) is 0 Å². The highest BCUT2D eigenvalue weighted by Gasteiger charge is 2.15. The van der Waals surface area contributed by atoms with Gasteiger partial charge in [-0.1, -0.05) is 24.3 Å². The molecule has 0 radical (unpaired) electrons. The third-order valence-corrected chi connectivity index (χ3v) is 4.43. The molecule has 1 aromatic carbocycles. The lowest BCUT2D eigenvalue weighted by atomic mass is 10.1. The van der Waals surface area contributed by atoms with Crippen LogP contribution in [0.25, 0.3) is 0 Å². The van der Waals surface area contributed by atoms with Gasteiger partial charge in [0, 0.05) is 12.3 Å². The molecule has 0 amide bonds. The predicted octanol–water partition coefficient (Wildman–Crippen LogP) is 3.93. The summed E-state index contributed by atoms with van der Waals surface area (Å²) >= 11 is 0. The van der Waals surface area contributed by atoms with E-state index >= 15 is 0 Å². The molecule has 0 bridgehead atoms. The second-order valence-corrected chi connectivity index (χ2v) is 12.2. The molecule has 0 aliphatic rings. The van der Waals surface area contributed by atoms with E-state index in [0.717, 1.165) is 11.1 Å². The Hall–Kier alpha value is -0.320. The largest absolute Gasteiger partial charge is 0.324 e. The van der Waals surface area contributed by atoms with E-state index < -0.39 is 14.3 Å². The first-order chi connectivity index (χ1) is 7.17. The maximum absolute atomic E-state index is 11.8. The lowest BCUT2D eigenvalue weighted by Crippen LogP contribution is -1.95. The van der Waals surface area contributed by atoms with Crippen molar-refractivity contribution in [3.05, 3.63) is 35.4 Å². The van der Waals surface area contributed by atoms with Crippen molar-refractivity contribution < 1.29 is 9.13 Å². The first-order valence-electron chi connectivity index (χ1n) is 5.32. The van der Waals surface area contributed by atoms with Crippen molar-refractivity contribution in [2.45, 2.75) is 12.3 Å². The van der Waals surface area contributed by atoms with Gasteiger partial charge >= 0.3 is 0 Å². The number of hydrogen-bond acceptors (Lipinski definition) is 2. The monoisotopic (exact) mass is 258 g/mol. The average molecular weight is 258 g/mol. The van der Waals surface area contributed by atoms with Gasteiger partial charge in [0.2, 0.25) is 0 Å². The average Bonchev–Trinajstić information content (AvgIpc) is 2.03. The van der Waals surface area contributed by atoms with Crippen LogP contribution in [0.15, 0.2) is 24.3 Å². The topological polar surface area (TPSA) is 34.1 Å². The molecule has 0 atom stereocenters. The maximum atomic E-state index is 11.8. The van der Waals surface area contributed by atoms with Crippen molar-refractivity contribution in [1.82, 2.24) is 0 Å². The maximum Gasteiger partial charge on any atom is 0.0861 e. The van der Waals surface area contributed by atoms with Gasteiger partial charge in [-0.05, 0) is 37.8 Å². The first kappa shape index (κ1) is 13.7. The molecule has 0 saturated carbocycles. The summed E-state index contributed by atoms with van der Waals surface area (Å²) in [6.45, 7) is 7.17. The molecular formula is C12H20O2P2. The zero-order valence-corrected chi connectivity index (χ0v) is 12.2. The summed E-state index contributed by atoms with van der Waals surface area (Å²) < 4.78 is 23.7. The summed E-state index contributed by atoms with van der Waals surface area (Å²) in [4.78, 5) is 0. The van der Waals surface area contributed by atoms with E-state index in [1.54, 1.807) is 26.7 Å². The lowest BCUT2D eigenvalue weighted by Gasteiger charge is -2.14. The molecule has 2 nitrogen and oxygen atoms in total. The fraction of sp³-hybridized carbons (Fsp3) is 0.500. The van der Waals surface area contributed by atoms with Crippen molar-refractivity contribution in [1.29, 1.82) is 0 Å². The zero-order valence-electron chi connectivity index (χ0n) is 10.4. The van der Waals surface area contributed by atoms with E-state index in [1.165, 1.54) is 0 Å². The minimum absolute atomic E-state index is 0.600. The summed E-state index contributed by atoms with van der Waals surface area (Å²) in [6.07, 6.45) is 1.20. The molecule has 90 valence electrons. The summed E-state index contributed by atoms with van der Waals surface area (Å²) in [5.74, 6) is 0. The molecule has 0 aliphatic carbocycles. The molecule has 4 heteroatoms. The molecule has 0 fully saturated rings. The molecule has 1 rings (SSSR count). The van der Waals surface area contributed by atoms with Crippen LogP contribution in [-0.2, 0) is 21.5 Å². The standard InChI is InChI=1S/C12H20O2P2/c1-15(2,13)9-11-7-5-6-8-12(11)10-16(3,4)14/h5-8H,9-10H2,1-4H3. The summed E-state index contributed by atoms with van der Waals surface area (Å²) in [5, 5.41) is 0. The van der Waals surface area contributed by atoms with Crippen LogP contribution in [0.5, 0.6) is 0 Å². The van der Waals surface area contributed by atoms with E-state index in [0.29, 0.717) is 12.3 Å². The van der Waals surface area contributed by atoms with Gasteiger partial charge in [-0.15, -0.1) is 0 Å². The minimum atomic E-state index is -2.07. The first-order valence-corrected chi connectivity index (χ1v) is 10.9. The molecule has 0 spiro atoms. The second kappa shape index (κ2) is 4.90. The Balaban J connectivity index is 3.01. The Morgan fingerprint density at radius 1 is 0.812 bits per heavy atom. The Bertz CT molecular complexity index is 411. The third-order valence-electron chi connectivity index (χ3n) is 2.22. The van der Waals surface area contributed by atoms with Crippen molar-refractivity contribution in [2.75, 3.05) is 26.7 Å². The van der Waals surface area contributed by atoms with Gasteiger partial charge in [0.05, 0.1) is 14.3 Å². The molecule has 0 aromatic heterocycles. The Morgan fingerprint density at radius 3 is 1.38 bits per heavy atom. The summed E-state index contributed by atoms with van der Waals surface area (Å²) in [5.41, 5.74) is 2.17. The highest BCUT2D eigenvalue weighted by Crippen LogP contribution is 2.45. The van der Waals surface area contributed by atoms with Crippen molar-refractivity contribution in [3.8, 4) is 0 Å². The van der Waals surface area contributed by atoms with E-state index in [-0.39, 0.29) is 0 Å². The van der Waals surface area contributed by atoms with Gasteiger partial charge in [-0.3, -0.25) is 0 Å². The van der Waals surface area contributed by atoms with Gasteiger partial charge in [0.15, 0.2) is 0 Å². The van der Waals surface area contributed by atoms with E-state index in [2.05, 4.69) is 0 Å². The van der Waals surface area contributed by atoms with Crippen LogP contribution in [0.1, 0.15) is 11.1 Å². The van der Waals surface area contributed by atoms with E-state index in [4.69, 9.17) is 0 Å². The van der Waals surface area contributed by atoms with Crippen LogP contribution >= 0.6 is 14.3 Å². The predicted molar refractivity (Wildman–Crippen MR) is 72.8 cm³/mol. The fourth-order valence-electron chi connectivity index (χ4n) is 1.69. The van der Waals surface area contributed by atoms with Gasteiger partial charge in [0.25, 0.3) is 0 Å². The normalized spacial score (nSPS) is 12.8. The Labute approximate surface area is 98.2 Å². The molecule has 16 heavy (non-hydrogen) atoms. The van der Waals surface area contributed by atoms with Crippen molar-refractivity contribution in [2.24, 2.45) is 0 Å². The minimum Gasteiger partial charge on any atom is -0.324 e. The zero-order chi connectivity index (χ0) is 12.4. The number of rotatable bonds is 4. The smallest absolute Gasteiger partial charge is 0.0861 e. The molecule has 0 N–H and O–H groups in total. The Kier molecular flexibility index (Phi) is 4.21. The Morgan fingerprint density at radius 2 is 1.12 bits per heavy atom. The number of benzene rings is 1. The quantitative estimate of drug-likeness (QED) is 0.767. The molecule has 0 unspecified atom stereocenters. The van der Waals surface area contributed by atoms with Crippen LogP contribution in [0.3, 0.4) is 0 Å². The summed E-state index contributed by atoms with van der Waals surface area (Å²) in [7, 11) is -4.14. The van der Waals surface area contributed by atoms with Gasteiger partial charge in [-0.25, -0.2) is 0 Å². The van der Waals surface area contributed by atoms with Crippen molar-refractivity contribution >= 4 is 14.3 Å². The van der Waals surface area contributed by atoms with Crippen LogP contribution in [-0.4, -0.2) is 26.7 Å². The SMILES string of the molecule is CP(C)(=O)Cc1ccccc1CP(C)(C)=O. The summed E-state index contributed by atoms with van der Waals surface area (Å²) in [6, 6.07) is 7.88. The van der Waals surface area contributed by atoms with E-state index in [1.807, 2.05) is 24.3 Å².